The first kappa shape index (κ1) is 12.8. The molecule has 0 fully saturated rings. The highest BCUT2D eigenvalue weighted by Gasteiger charge is 2.14. The van der Waals surface area contributed by atoms with Gasteiger partial charge >= 0.3 is 5.97 Å². The third-order valence-corrected chi connectivity index (χ3v) is 3.06. The normalized spacial score (nSPS) is 12.2. The molecule has 0 amide bonds. The van der Waals surface area contributed by atoms with Crippen LogP contribution in [0.25, 0.3) is 0 Å². The zero-order valence-corrected chi connectivity index (χ0v) is 10.6. The molecule has 0 aliphatic carbocycles. The molecule has 1 rings (SSSR count). The molecule has 0 heterocycles. The first-order valence-electron chi connectivity index (χ1n) is 4.74. The van der Waals surface area contributed by atoms with Crippen LogP contribution in [-0.2, 0) is 11.2 Å². The predicted octanol–water partition coefficient (Wildman–Crippen LogP) is 2.43. The predicted molar refractivity (Wildman–Crippen MR) is 62.9 cm³/mol. The fraction of sp³-hybridized carbons (Fsp3) is 0.364. The number of hydrogen-bond donors (Lipinski definition) is 2. The van der Waals surface area contributed by atoms with Gasteiger partial charge in [0.05, 0.1) is 13.0 Å². The van der Waals surface area contributed by atoms with E-state index in [1.165, 1.54) is 13.2 Å². The summed E-state index contributed by atoms with van der Waals surface area (Å²) >= 11 is 3.18. The standard InChI is InChI=1S/C11H13BrO4/c1-6(11(14)15)3-7-4-8(13)10(12)9(5-7)16-2/h4-6,13H,3H2,1-2H3,(H,14,15). The Morgan fingerprint density at radius 2 is 2.19 bits per heavy atom. The Labute approximate surface area is 102 Å². The Balaban J connectivity index is 2.98. The SMILES string of the molecule is COc1cc(CC(C)C(=O)O)cc(O)c1Br. The molecule has 0 aliphatic rings. The second-order valence-electron chi connectivity index (χ2n) is 3.57. The molecule has 16 heavy (non-hydrogen) atoms. The molecule has 0 aromatic heterocycles. The number of rotatable bonds is 4. The van der Waals surface area contributed by atoms with E-state index in [0.29, 0.717) is 16.6 Å². The van der Waals surface area contributed by atoms with Gasteiger partial charge in [0.1, 0.15) is 16.0 Å². The lowest BCUT2D eigenvalue weighted by molar-refractivity contribution is -0.141. The second kappa shape index (κ2) is 5.21. The molecule has 1 atom stereocenters. The summed E-state index contributed by atoms with van der Waals surface area (Å²) < 4.78 is 5.53. The number of phenols is 1. The number of carboxylic acids is 1. The monoisotopic (exact) mass is 288 g/mol. The van der Waals surface area contributed by atoms with Crippen LogP contribution in [0.2, 0.25) is 0 Å². The minimum absolute atomic E-state index is 0.0481. The summed E-state index contributed by atoms with van der Waals surface area (Å²) in [5.74, 6) is -0.814. The lowest BCUT2D eigenvalue weighted by Crippen LogP contribution is -2.12. The minimum Gasteiger partial charge on any atom is -0.507 e. The van der Waals surface area contributed by atoms with E-state index in [1.807, 2.05) is 0 Å². The Morgan fingerprint density at radius 3 is 2.69 bits per heavy atom. The van der Waals surface area contributed by atoms with E-state index in [9.17, 15) is 9.90 Å². The summed E-state index contributed by atoms with van der Waals surface area (Å²) in [5, 5.41) is 18.4. The zero-order valence-electron chi connectivity index (χ0n) is 9.03. The van der Waals surface area contributed by atoms with Crippen molar-refractivity contribution in [3.8, 4) is 11.5 Å². The molecule has 2 N–H and O–H groups in total. The fourth-order valence-corrected chi connectivity index (χ4v) is 1.74. The van der Waals surface area contributed by atoms with Crippen molar-refractivity contribution >= 4 is 21.9 Å². The van der Waals surface area contributed by atoms with Gasteiger partial charge in [-0.05, 0) is 40.0 Å². The van der Waals surface area contributed by atoms with Crippen LogP contribution in [0.1, 0.15) is 12.5 Å². The van der Waals surface area contributed by atoms with Crippen LogP contribution in [0.15, 0.2) is 16.6 Å². The van der Waals surface area contributed by atoms with Gasteiger partial charge in [0.15, 0.2) is 0 Å². The van der Waals surface area contributed by atoms with E-state index >= 15 is 0 Å². The molecular formula is C11H13BrO4. The average Bonchev–Trinajstić information content (AvgIpc) is 2.22. The van der Waals surface area contributed by atoms with Crippen LogP contribution in [-0.4, -0.2) is 23.3 Å². The summed E-state index contributed by atoms with van der Waals surface area (Å²) in [5.41, 5.74) is 0.729. The molecule has 0 radical (unpaired) electrons. The molecule has 0 saturated heterocycles. The Kier molecular flexibility index (Phi) is 4.18. The minimum atomic E-state index is -0.860. The molecule has 0 bridgehead atoms. The number of ether oxygens (including phenoxy) is 1. The van der Waals surface area contributed by atoms with E-state index < -0.39 is 11.9 Å². The highest BCUT2D eigenvalue weighted by Crippen LogP contribution is 2.35. The maximum Gasteiger partial charge on any atom is 0.306 e. The zero-order chi connectivity index (χ0) is 12.3. The topological polar surface area (TPSA) is 66.8 Å². The summed E-state index contributed by atoms with van der Waals surface area (Å²) in [6.45, 7) is 1.62. The van der Waals surface area contributed by atoms with Gasteiger partial charge in [-0.25, -0.2) is 0 Å². The Morgan fingerprint density at radius 1 is 1.56 bits per heavy atom. The van der Waals surface area contributed by atoms with Gasteiger partial charge in [0.2, 0.25) is 0 Å². The molecule has 1 unspecified atom stereocenters. The summed E-state index contributed by atoms with van der Waals surface area (Å²) in [4.78, 5) is 10.7. The number of hydrogen-bond acceptors (Lipinski definition) is 3. The van der Waals surface area contributed by atoms with Gasteiger partial charge in [-0.2, -0.15) is 0 Å². The van der Waals surface area contributed by atoms with Crippen molar-refractivity contribution in [2.45, 2.75) is 13.3 Å². The van der Waals surface area contributed by atoms with E-state index in [-0.39, 0.29) is 5.75 Å². The van der Waals surface area contributed by atoms with Gasteiger partial charge in [0, 0.05) is 0 Å². The summed E-state index contributed by atoms with van der Waals surface area (Å²) in [6, 6.07) is 3.25. The highest BCUT2D eigenvalue weighted by atomic mass is 79.9. The molecule has 0 spiro atoms. The van der Waals surface area contributed by atoms with Crippen LogP contribution in [0, 0.1) is 5.92 Å². The maximum atomic E-state index is 10.7. The van der Waals surface area contributed by atoms with Gasteiger partial charge in [-0.1, -0.05) is 6.92 Å². The third-order valence-electron chi connectivity index (χ3n) is 2.26. The lowest BCUT2D eigenvalue weighted by atomic mass is 10.0. The number of carboxylic acid groups (broad SMARTS) is 1. The quantitative estimate of drug-likeness (QED) is 0.893. The molecular weight excluding hydrogens is 276 g/mol. The van der Waals surface area contributed by atoms with Crippen LogP contribution in [0.5, 0.6) is 11.5 Å². The fourth-order valence-electron chi connectivity index (χ4n) is 1.35. The Hall–Kier alpha value is -1.23. The van der Waals surface area contributed by atoms with Gasteiger partial charge in [-0.15, -0.1) is 0 Å². The molecule has 88 valence electrons. The first-order chi connectivity index (χ1) is 7.45. The van der Waals surface area contributed by atoms with Crippen molar-refractivity contribution in [1.82, 2.24) is 0 Å². The van der Waals surface area contributed by atoms with Crippen molar-refractivity contribution in [3.05, 3.63) is 22.2 Å². The number of benzene rings is 1. The number of carbonyl (C=O) groups is 1. The molecule has 1 aromatic carbocycles. The van der Waals surface area contributed by atoms with E-state index in [1.54, 1.807) is 13.0 Å². The first-order valence-corrected chi connectivity index (χ1v) is 5.53. The van der Waals surface area contributed by atoms with E-state index in [0.717, 1.165) is 5.56 Å². The molecule has 5 heteroatoms. The maximum absolute atomic E-state index is 10.7. The number of aromatic hydroxyl groups is 1. The Bertz CT molecular complexity index is 403. The second-order valence-corrected chi connectivity index (χ2v) is 4.37. The van der Waals surface area contributed by atoms with Crippen molar-refractivity contribution in [3.63, 3.8) is 0 Å². The largest absolute Gasteiger partial charge is 0.507 e. The van der Waals surface area contributed by atoms with Crippen LogP contribution in [0.3, 0.4) is 0 Å². The smallest absolute Gasteiger partial charge is 0.306 e. The van der Waals surface area contributed by atoms with Crippen molar-refractivity contribution in [2.75, 3.05) is 7.11 Å². The van der Waals surface area contributed by atoms with E-state index in [2.05, 4.69) is 15.9 Å². The van der Waals surface area contributed by atoms with Gasteiger partial charge in [0.25, 0.3) is 0 Å². The average molecular weight is 289 g/mol. The summed E-state index contributed by atoms with van der Waals surface area (Å²) in [7, 11) is 1.49. The highest BCUT2D eigenvalue weighted by molar-refractivity contribution is 9.10. The molecule has 0 saturated carbocycles. The van der Waals surface area contributed by atoms with E-state index in [4.69, 9.17) is 9.84 Å². The van der Waals surface area contributed by atoms with Gasteiger partial charge < -0.3 is 14.9 Å². The number of phenolic OH excluding ortho intramolecular Hbond substituents is 1. The van der Waals surface area contributed by atoms with Crippen molar-refractivity contribution in [1.29, 1.82) is 0 Å². The molecule has 0 aliphatic heterocycles. The van der Waals surface area contributed by atoms with Crippen LogP contribution < -0.4 is 4.74 Å². The van der Waals surface area contributed by atoms with Crippen LogP contribution in [0.4, 0.5) is 0 Å². The number of aliphatic carboxylic acids is 1. The third kappa shape index (κ3) is 2.88. The van der Waals surface area contributed by atoms with Crippen molar-refractivity contribution in [2.24, 2.45) is 5.92 Å². The molecule has 1 aromatic rings. The molecule has 4 nitrogen and oxygen atoms in total. The van der Waals surface area contributed by atoms with Crippen LogP contribution >= 0.6 is 15.9 Å². The number of halogens is 1. The summed E-state index contributed by atoms with van der Waals surface area (Å²) in [6.07, 6.45) is 0.354. The van der Waals surface area contributed by atoms with Gasteiger partial charge in [-0.3, -0.25) is 4.79 Å². The van der Waals surface area contributed by atoms with Crippen molar-refractivity contribution < 1.29 is 19.7 Å². The lowest BCUT2D eigenvalue weighted by Gasteiger charge is -2.10. The number of methoxy groups -OCH3 is 1.